The molecule has 9 nitrogen and oxygen atoms in total. The van der Waals surface area contributed by atoms with Crippen molar-refractivity contribution in [3.05, 3.63) is 61.1 Å². The van der Waals surface area contributed by atoms with Gasteiger partial charge in [0.05, 0.1) is 6.20 Å². The Labute approximate surface area is 161 Å². The lowest BCUT2D eigenvalue weighted by molar-refractivity contribution is 0.249. The third-order valence-corrected chi connectivity index (χ3v) is 4.90. The molecule has 5 rings (SSSR count). The van der Waals surface area contributed by atoms with Crippen molar-refractivity contribution in [2.75, 3.05) is 31.1 Å². The maximum absolute atomic E-state index is 4.58. The zero-order valence-corrected chi connectivity index (χ0v) is 15.3. The highest BCUT2D eigenvalue weighted by atomic mass is 15.3. The van der Waals surface area contributed by atoms with Crippen LogP contribution in [0.3, 0.4) is 0 Å². The number of nitrogens with zero attached hydrogens (tertiary/aromatic N) is 9. The molecule has 0 atom stereocenters. The highest BCUT2D eigenvalue weighted by Crippen LogP contribution is 2.22. The lowest BCUT2D eigenvalue weighted by Crippen LogP contribution is -2.46. The number of hydrogen-bond acceptors (Lipinski definition) is 8. The first-order valence-electron chi connectivity index (χ1n) is 9.21. The lowest BCUT2D eigenvalue weighted by atomic mass is 10.2. The van der Waals surface area contributed by atoms with Crippen molar-refractivity contribution in [3.8, 4) is 11.5 Å². The monoisotopic (exact) mass is 373 g/mol. The summed E-state index contributed by atoms with van der Waals surface area (Å²) < 4.78 is 1.92. The van der Waals surface area contributed by atoms with Crippen LogP contribution in [0.2, 0.25) is 0 Å². The van der Waals surface area contributed by atoms with Gasteiger partial charge in [0.2, 0.25) is 5.65 Å². The van der Waals surface area contributed by atoms with Crippen LogP contribution in [0.25, 0.3) is 17.2 Å². The van der Waals surface area contributed by atoms with E-state index >= 15 is 0 Å². The molecule has 0 radical (unpaired) electrons. The molecule has 0 spiro atoms. The standard InChI is InChI=1S/C19H19N9/c1-2-15(12-20-3-1)14-26-8-10-27(11-9-26)18-19-25-24-17(28(19)7-6-23-18)16-13-21-4-5-22-16/h1-7,12-13H,8-11,14H2. The SMILES string of the molecule is c1cncc(CN2CCN(c3nccn4c(-c5cnccn5)nnc34)CC2)c1. The van der Waals surface area contributed by atoms with E-state index in [0.717, 1.165) is 44.2 Å². The van der Waals surface area contributed by atoms with E-state index in [2.05, 4.69) is 46.0 Å². The predicted octanol–water partition coefficient (Wildman–Crippen LogP) is 1.30. The molecule has 0 aliphatic carbocycles. The molecule has 0 aromatic carbocycles. The van der Waals surface area contributed by atoms with Crippen molar-refractivity contribution in [2.45, 2.75) is 6.54 Å². The Morgan fingerprint density at radius 3 is 2.54 bits per heavy atom. The molecular formula is C19H19N9. The quantitative estimate of drug-likeness (QED) is 0.529. The van der Waals surface area contributed by atoms with Gasteiger partial charge in [-0.15, -0.1) is 10.2 Å². The molecule has 140 valence electrons. The fraction of sp³-hybridized carbons (Fsp3) is 0.263. The van der Waals surface area contributed by atoms with Crippen LogP contribution in [0.1, 0.15) is 5.56 Å². The second-order valence-electron chi connectivity index (χ2n) is 6.68. The van der Waals surface area contributed by atoms with E-state index in [1.807, 2.05) is 29.1 Å². The highest BCUT2D eigenvalue weighted by Gasteiger charge is 2.22. The van der Waals surface area contributed by atoms with Crippen LogP contribution in [-0.4, -0.2) is 65.6 Å². The summed E-state index contributed by atoms with van der Waals surface area (Å²) in [5.41, 5.74) is 2.67. The summed E-state index contributed by atoms with van der Waals surface area (Å²) in [5.74, 6) is 1.52. The number of aromatic nitrogens is 7. The average Bonchev–Trinajstić information content (AvgIpc) is 3.20. The molecule has 0 bridgehead atoms. The van der Waals surface area contributed by atoms with Crippen LogP contribution >= 0.6 is 0 Å². The second kappa shape index (κ2) is 7.28. The van der Waals surface area contributed by atoms with Crippen LogP contribution in [0.15, 0.2) is 55.5 Å². The van der Waals surface area contributed by atoms with E-state index in [0.29, 0.717) is 11.5 Å². The van der Waals surface area contributed by atoms with E-state index < -0.39 is 0 Å². The molecule has 4 aromatic rings. The molecule has 1 saturated heterocycles. The highest BCUT2D eigenvalue weighted by molar-refractivity contribution is 5.67. The number of hydrogen-bond donors (Lipinski definition) is 0. The summed E-state index contributed by atoms with van der Waals surface area (Å²) in [5, 5.41) is 8.69. The van der Waals surface area contributed by atoms with Crippen molar-refractivity contribution < 1.29 is 0 Å². The van der Waals surface area contributed by atoms with Gasteiger partial charge in [-0.1, -0.05) is 6.07 Å². The normalized spacial score (nSPS) is 15.2. The molecule has 9 heteroatoms. The molecular weight excluding hydrogens is 354 g/mol. The minimum Gasteiger partial charge on any atom is -0.351 e. The smallest absolute Gasteiger partial charge is 0.204 e. The zero-order chi connectivity index (χ0) is 18.8. The van der Waals surface area contributed by atoms with E-state index in [1.54, 1.807) is 24.8 Å². The van der Waals surface area contributed by atoms with Gasteiger partial charge in [0.15, 0.2) is 11.6 Å². The third kappa shape index (κ3) is 3.16. The molecule has 0 saturated carbocycles. The summed E-state index contributed by atoms with van der Waals surface area (Å²) in [4.78, 5) is 21.9. The minimum atomic E-state index is 0.668. The fourth-order valence-electron chi connectivity index (χ4n) is 3.49. The van der Waals surface area contributed by atoms with Crippen LogP contribution in [-0.2, 0) is 6.54 Å². The number of pyridine rings is 1. The molecule has 4 aromatic heterocycles. The molecule has 0 amide bonds. The summed E-state index contributed by atoms with van der Waals surface area (Å²) >= 11 is 0. The van der Waals surface area contributed by atoms with E-state index in [9.17, 15) is 0 Å². The number of fused-ring (bicyclic) bond motifs is 1. The molecule has 1 aliphatic heterocycles. The molecule has 0 N–H and O–H groups in total. The maximum atomic E-state index is 4.58. The molecule has 5 heterocycles. The number of rotatable bonds is 4. The Balaban J connectivity index is 1.35. The molecule has 0 unspecified atom stereocenters. The first kappa shape index (κ1) is 16.7. The van der Waals surface area contributed by atoms with E-state index in [4.69, 9.17) is 0 Å². The van der Waals surface area contributed by atoms with Crippen molar-refractivity contribution in [3.63, 3.8) is 0 Å². The van der Waals surface area contributed by atoms with Crippen molar-refractivity contribution in [1.82, 2.24) is 39.4 Å². The first-order valence-corrected chi connectivity index (χ1v) is 9.21. The van der Waals surface area contributed by atoms with Gasteiger partial charge in [0.25, 0.3) is 0 Å². The Morgan fingerprint density at radius 1 is 0.857 bits per heavy atom. The van der Waals surface area contributed by atoms with Gasteiger partial charge in [-0.05, 0) is 11.6 Å². The van der Waals surface area contributed by atoms with E-state index in [1.165, 1.54) is 5.56 Å². The average molecular weight is 373 g/mol. The Bertz CT molecular complexity index is 1060. The lowest BCUT2D eigenvalue weighted by Gasteiger charge is -2.35. The number of piperazine rings is 1. The fourth-order valence-corrected chi connectivity index (χ4v) is 3.49. The van der Waals surface area contributed by atoms with Crippen LogP contribution < -0.4 is 4.90 Å². The Hall–Kier alpha value is -3.46. The van der Waals surface area contributed by atoms with Gasteiger partial charge < -0.3 is 4.90 Å². The van der Waals surface area contributed by atoms with Gasteiger partial charge >= 0.3 is 0 Å². The maximum Gasteiger partial charge on any atom is 0.204 e. The second-order valence-corrected chi connectivity index (χ2v) is 6.68. The summed E-state index contributed by atoms with van der Waals surface area (Å²) in [7, 11) is 0. The van der Waals surface area contributed by atoms with Gasteiger partial charge in [0.1, 0.15) is 5.69 Å². The van der Waals surface area contributed by atoms with Gasteiger partial charge in [-0.25, -0.2) is 9.97 Å². The third-order valence-electron chi connectivity index (χ3n) is 4.90. The van der Waals surface area contributed by atoms with Crippen LogP contribution in [0, 0.1) is 0 Å². The zero-order valence-electron chi connectivity index (χ0n) is 15.3. The minimum absolute atomic E-state index is 0.668. The van der Waals surface area contributed by atoms with Crippen molar-refractivity contribution in [1.29, 1.82) is 0 Å². The van der Waals surface area contributed by atoms with Gasteiger partial charge in [-0.3, -0.25) is 19.3 Å². The summed E-state index contributed by atoms with van der Waals surface area (Å²) in [6, 6.07) is 4.10. The van der Waals surface area contributed by atoms with Crippen LogP contribution in [0.5, 0.6) is 0 Å². The van der Waals surface area contributed by atoms with Crippen LogP contribution in [0.4, 0.5) is 5.82 Å². The topological polar surface area (TPSA) is 88.2 Å². The van der Waals surface area contributed by atoms with E-state index in [-0.39, 0.29) is 0 Å². The predicted molar refractivity (Wildman–Crippen MR) is 104 cm³/mol. The largest absolute Gasteiger partial charge is 0.351 e. The van der Waals surface area contributed by atoms with Gasteiger partial charge in [-0.2, -0.15) is 0 Å². The molecule has 1 aliphatic rings. The van der Waals surface area contributed by atoms with Crippen molar-refractivity contribution in [2.24, 2.45) is 0 Å². The Kier molecular flexibility index (Phi) is 4.34. The number of anilines is 1. The van der Waals surface area contributed by atoms with Gasteiger partial charge in [0, 0.05) is 69.9 Å². The molecule has 1 fully saturated rings. The summed E-state index contributed by atoms with van der Waals surface area (Å²) in [6.07, 6.45) is 12.4. The Morgan fingerprint density at radius 2 is 1.75 bits per heavy atom. The molecule has 28 heavy (non-hydrogen) atoms. The van der Waals surface area contributed by atoms with Crippen molar-refractivity contribution >= 4 is 11.5 Å². The first-order chi connectivity index (χ1) is 13.9. The summed E-state index contributed by atoms with van der Waals surface area (Å²) in [6.45, 7) is 4.62.